The number of hydrogen-bond acceptors (Lipinski definition) is 3. The lowest BCUT2D eigenvalue weighted by molar-refractivity contribution is -0.115. The molecule has 120 valence electrons. The van der Waals surface area contributed by atoms with Crippen molar-refractivity contribution in [1.29, 1.82) is 0 Å². The van der Waals surface area contributed by atoms with E-state index >= 15 is 0 Å². The Balaban J connectivity index is 1.87. The highest BCUT2D eigenvalue weighted by molar-refractivity contribution is 6.35. The maximum Gasteiger partial charge on any atom is 0.226 e. The summed E-state index contributed by atoms with van der Waals surface area (Å²) in [5.74, 6) is -0.199. The van der Waals surface area contributed by atoms with Gasteiger partial charge in [0.2, 0.25) is 5.91 Å². The molecule has 1 amide bonds. The second kappa shape index (κ2) is 7.99. The third-order valence-electron chi connectivity index (χ3n) is 3.15. The number of nitrogens with one attached hydrogen (secondary N) is 2. The molecule has 0 atom stereocenters. The van der Waals surface area contributed by atoms with E-state index in [9.17, 15) is 9.59 Å². The van der Waals surface area contributed by atoms with Gasteiger partial charge in [-0.15, -0.1) is 0 Å². The molecule has 0 aliphatic rings. The van der Waals surface area contributed by atoms with Crippen molar-refractivity contribution in [3.63, 3.8) is 0 Å². The van der Waals surface area contributed by atoms with Gasteiger partial charge in [-0.3, -0.25) is 9.59 Å². The lowest BCUT2D eigenvalue weighted by Crippen LogP contribution is -2.16. The summed E-state index contributed by atoms with van der Waals surface area (Å²) in [5, 5.41) is 6.94. The van der Waals surface area contributed by atoms with Crippen molar-refractivity contribution in [1.82, 2.24) is 0 Å². The van der Waals surface area contributed by atoms with Crippen LogP contribution in [0.4, 0.5) is 11.4 Å². The van der Waals surface area contributed by atoms with Gasteiger partial charge in [-0.05, 0) is 37.3 Å². The normalized spacial score (nSPS) is 10.2. The van der Waals surface area contributed by atoms with E-state index in [2.05, 4.69) is 10.6 Å². The Labute approximate surface area is 144 Å². The average molecular weight is 351 g/mol. The molecule has 2 aromatic carbocycles. The molecule has 2 N–H and O–H groups in total. The smallest absolute Gasteiger partial charge is 0.226 e. The van der Waals surface area contributed by atoms with Gasteiger partial charge in [-0.25, -0.2) is 0 Å². The predicted octanol–water partition coefficient (Wildman–Crippen LogP) is 4.64. The fourth-order valence-corrected chi connectivity index (χ4v) is 2.34. The van der Waals surface area contributed by atoms with Crippen LogP contribution >= 0.6 is 23.2 Å². The zero-order valence-electron chi connectivity index (χ0n) is 12.5. The zero-order chi connectivity index (χ0) is 16.8. The molecule has 0 heterocycles. The minimum atomic E-state index is -0.156. The molecule has 0 aromatic heterocycles. The molecule has 2 aromatic rings. The molecule has 2 rings (SSSR count). The summed E-state index contributed by atoms with van der Waals surface area (Å²) in [4.78, 5) is 23.3. The fourth-order valence-electron chi connectivity index (χ4n) is 1.98. The van der Waals surface area contributed by atoms with Crippen LogP contribution in [0.2, 0.25) is 10.0 Å². The highest BCUT2D eigenvalue weighted by Crippen LogP contribution is 2.25. The maximum atomic E-state index is 11.9. The van der Waals surface area contributed by atoms with Gasteiger partial charge in [0.1, 0.15) is 0 Å². The number of rotatable bonds is 6. The highest BCUT2D eigenvalue weighted by atomic mass is 35.5. The van der Waals surface area contributed by atoms with Crippen LogP contribution in [0, 0.1) is 0 Å². The van der Waals surface area contributed by atoms with Gasteiger partial charge in [0.05, 0.1) is 10.7 Å². The molecule has 0 saturated carbocycles. The molecule has 0 radical (unpaired) electrons. The van der Waals surface area contributed by atoms with E-state index in [1.54, 1.807) is 42.5 Å². The van der Waals surface area contributed by atoms with Gasteiger partial charge >= 0.3 is 0 Å². The van der Waals surface area contributed by atoms with Gasteiger partial charge < -0.3 is 10.6 Å². The number of carbonyl (C=O) groups excluding carboxylic acids is 2. The molecule has 0 spiro atoms. The van der Waals surface area contributed by atoms with Crippen LogP contribution in [0.15, 0.2) is 42.5 Å². The Hall–Kier alpha value is -2.04. The van der Waals surface area contributed by atoms with E-state index in [0.717, 1.165) is 0 Å². The van der Waals surface area contributed by atoms with E-state index in [1.165, 1.54) is 6.92 Å². The van der Waals surface area contributed by atoms with E-state index in [1.807, 2.05) is 0 Å². The van der Waals surface area contributed by atoms with Crippen LogP contribution in [0.5, 0.6) is 0 Å². The van der Waals surface area contributed by atoms with Crippen molar-refractivity contribution in [2.75, 3.05) is 17.2 Å². The highest BCUT2D eigenvalue weighted by Gasteiger charge is 2.06. The van der Waals surface area contributed by atoms with Crippen molar-refractivity contribution < 1.29 is 9.59 Å². The molecule has 0 aliphatic carbocycles. The molecule has 4 nitrogen and oxygen atoms in total. The summed E-state index contributed by atoms with van der Waals surface area (Å²) in [7, 11) is 0. The molecule has 0 aliphatic heterocycles. The molecular formula is C17H16Cl2N2O2. The standard InChI is InChI=1S/C17H16Cl2N2O2/c1-11(22)12-3-2-4-14(9-12)21-17(23)7-8-20-16-10-13(18)5-6-15(16)19/h2-6,9-10,20H,7-8H2,1H3,(H,21,23). The Bertz CT molecular complexity index is 732. The topological polar surface area (TPSA) is 58.2 Å². The number of benzene rings is 2. The van der Waals surface area contributed by atoms with E-state index in [4.69, 9.17) is 23.2 Å². The van der Waals surface area contributed by atoms with Gasteiger partial charge in [0, 0.05) is 29.2 Å². The predicted molar refractivity (Wildman–Crippen MR) is 94.6 cm³/mol. The van der Waals surface area contributed by atoms with Crippen LogP contribution in [0.3, 0.4) is 0 Å². The van der Waals surface area contributed by atoms with Crippen LogP contribution in [0.25, 0.3) is 0 Å². The first-order valence-electron chi connectivity index (χ1n) is 7.05. The summed E-state index contributed by atoms with van der Waals surface area (Å²) in [6.07, 6.45) is 0.257. The number of hydrogen-bond donors (Lipinski definition) is 2. The quantitative estimate of drug-likeness (QED) is 0.746. The Kier molecular flexibility index (Phi) is 6.02. The van der Waals surface area contributed by atoms with Gasteiger partial charge in [-0.2, -0.15) is 0 Å². The van der Waals surface area contributed by atoms with Crippen molar-refractivity contribution in [2.45, 2.75) is 13.3 Å². The molecule has 6 heteroatoms. The summed E-state index contributed by atoms with van der Waals surface area (Å²) >= 11 is 11.9. The summed E-state index contributed by atoms with van der Waals surface area (Å²) in [6.45, 7) is 1.90. The lowest BCUT2D eigenvalue weighted by Gasteiger charge is -2.09. The Morgan fingerprint density at radius 2 is 1.87 bits per heavy atom. The van der Waals surface area contributed by atoms with Crippen molar-refractivity contribution in [3.05, 3.63) is 58.1 Å². The average Bonchev–Trinajstić information content (AvgIpc) is 2.51. The molecule has 0 saturated heterocycles. The number of Topliss-reactive ketones (excluding diaryl/α,β-unsaturated/α-hetero) is 1. The third kappa shape index (κ3) is 5.27. The summed E-state index contributed by atoms with van der Waals surface area (Å²) in [5.41, 5.74) is 1.85. The Morgan fingerprint density at radius 3 is 2.61 bits per heavy atom. The molecule has 0 fully saturated rings. The first kappa shape index (κ1) is 17.3. The second-order valence-electron chi connectivity index (χ2n) is 4.99. The lowest BCUT2D eigenvalue weighted by atomic mass is 10.1. The first-order chi connectivity index (χ1) is 11.0. The number of amides is 1. The molecular weight excluding hydrogens is 335 g/mol. The van der Waals surface area contributed by atoms with Crippen LogP contribution in [-0.2, 0) is 4.79 Å². The summed E-state index contributed by atoms with van der Waals surface area (Å²) in [6, 6.07) is 11.9. The monoisotopic (exact) mass is 350 g/mol. The fraction of sp³-hybridized carbons (Fsp3) is 0.176. The number of anilines is 2. The number of halogens is 2. The van der Waals surface area contributed by atoms with Gasteiger partial charge in [0.15, 0.2) is 5.78 Å². The van der Waals surface area contributed by atoms with Crippen molar-refractivity contribution in [2.24, 2.45) is 0 Å². The minimum absolute atomic E-state index is 0.0432. The van der Waals surface area contributed by atoms with E-state index in [-0.39, 0.29) is 18.1 Å². The maximum absolute atomic E-state index is 11.9. The zero-order valence-corrected chi connectivity index (χ0v) is 14.0. The Morgan fingerprint density at radius 1 is 1.09 bits per heavy atom. The van der Waals surface area contributed by atoms with Crippen molar-refractivity contribution >= 4 is 46.3 Å². The molecule has 0 unspecified atom stereocenters. The van der Waals surface area contributed by atoms with E-state index < -0.39 is 0 Å². The molecule has 0 bridgehead atoms. The number of carbonyl (C=O) groups is 2. The van der Waals surface area contributed by atoms with Gasteiger partial charge in [-0.1, -0.05) is 35.3 Å². The third-order valence-corrected chi connectivity index (χ3v) is 3.71. The van der Waals surface area contributed by atoms with Crippen LogP contribution in [-0.4, -0.2) is 18.2 Å². The second-order valence-corrected chi connectivity index (χ2v) is 5.83. The largest absolute Gasteiger partial charge is 0.383 e. The first-order valence-corrected chi connectivity index (χ1v) is 7.81. The molecule has 23 heavy (non-hydrogen) atoms. The minimum Gasteiger partial charge on any atom is -0.383 e. The summed E-state index contributed by atoms with van der Waals surface area (Å²) < 4.78 is 0. The van der Waals surface area contributed by atoms with E-state index in [0.29, 0.717) is 33.5 Å². The van der Waals surface area contributed by atoms with Crippen molar-refractivity contribution in [3.8, 4) is 0 Å². The number of ketones is 1. The SMILES string of the molecule is CC(=O)c1cccc(NC(=O)CCNc2cc(Cl)ccc2Cl)c1. The van der Waals surface area contributed by atoms with Crippen LogP contribution in [0.1, 0.15) is 23.7 Å². The van der Waals surface area contributed by atoms with Gasteiger partial charge in [0.25, 0.3) is 0 Å². The van der Waals surface area contributed by atoms with Crippen LogP contribution < -0.4 is 10.6 Å².